The van der Waals surface area contributed by atoms with Crippen LogP contribution in [0.25, 0.3) is 0 Å². The molecule has 1 atom stereocenters. The van der Waals surface area contributed by atoms with Gasteiger partial charge in [0.2, 0.25) is 11.8 Å². The Morgan fingerprint density at radius 1 is 1.41 bits per heavy atom. The zero-order valence-electron chi connectivity index (χ0n) is 15.9. The number of aryl methyl sites for hydroxylation is 1. The summed E-state index contributed by atoms with van der Waals surface area (Å²) in [6.07, 6.45) is 3.66. The van der Waals surface area contributed by atoms with Gasteiger partial charge in [-0.3, -0.25) is 14.6 Å². The highest BCUT2D eigenvalue weighted by Gasteiger charge is 2.33. The molecule has 1 N–H and O–H groups in total. The fraction of sp³-hybridized carbons (Fsp3) is 0.450. The predicted molar refractivity (Wildman–Crippen MR) is 105 cm³/mol. The van der Waals surface area contributed by atoms with Gasteiger partial charge in [-0.1, -0.05) is 6.07 Å². The van der Waals surface area contributed by atoms with Gasteiger partial charge >= 0.3 is 0 Å². The molecule has 1 aliphatic rings. The number of nitrogens with zero attached hydrogens (tertiary/aromatic N) is 2. The Balaban J connectivity index is 1.62. The van der Waals surface area contributed by atoms with Crippen molar-refractivity contribution < 1.29 is 14.3 Å². The molecule has 1 aliphatic heterocycles. The van der Waals surface area contributed by atoms with E-state index in [2.05, 4.69) is 10.3 Å². The van der Waals surface area contributed by atoms with Crippen molar-refractivity contribution in [1.29, 1.82) is 0 Å². The molecule has 0 radical (unpaired) electrons. The molecule has 2 aromatic rings. The highest BCUT2D eigenvalue weighted by molar-refractivity contribution is 7.10. The number of pyridine rings is 1. The van der Waals surface area contributed by atoms with Crippen molar-refractivity contribution in [3.63, 3.8) is 0 Å². The third kappa shape index (κ3) is 4.30. The van der Waals surface area contributed by atoms with E-state index >= 15 is 0 Å². The smallest absolute Gasteiger partial charge is 0.243 e. The summed E-state index contributed by atoms with van der Waals surface area (Å²) in [6.45, 7) is 4.84. The van der Waals surface area contributed by atoms with E-state index in [1.165, 1.54) is 0 Å². The van der Waals surface area contributed by atoms with E-state index in [1.54, 1.807) is 29.5 Å². The summed E-state index contributed by atoms with van der Waals surface area (Å²) in [5, 5.41) is 4.91. The van der Waals surface area contributed by atoms with Crippen LogP contribution in [0.3, 0.4) is 0 Å². The van der Waals surface area contributed by atoms with Crippen LogP contribution in [-0.4, -0.2) is 41.4 Å². The number of aromatic nitrogens is 1. The van der Waals surface area contributed by atoms with Gasteiger partial charge in [0, 0.05) is 28.7 Å². The minimum absolute atomic E-state index is 0.0152. The van der Waals surface area contributed by atoms with Crippen molar-refractivity contribution in [3.8, 4) is 5.75 Å². The van der Waals surface area contributed by atoms with E-state index in [4.69, 9.17) is 4.74 Å². The summed E-state index contributed by atoms with van der Waals surface area (Å²) in [6, 6.07) is 3.49. The lowest BCUT2D eigenvalue weighted by Gasteiger charge is -2.24. The summed E-state index contributed by atoms with van der Waals surface area (Å²) < 4.78 is 5.42. The van der Waals surface area contributed by atoms with Crippen LogP contribution in [0.4, 0.5) is 0 Å². The molecule has 0 aliphatic carbocycles. The van der Waals surface area contributed by atoms with Crippen LogP contribution in [0.2, 0.25) is 0 Å². The number of thiophene rings is 1. The largest absolute Gasteiger partial charge is 0.496 e. The average molecular weight is 388 g/mol. The summed E-state index contributed by atoms with van der Waals surface area (Å²) in [7, 11) is 1.63. The molecule has 2 amide bonds. The van der Waals surface area contributed by atoms with Gasteiger partial charge in [-0.15, -0.1) is 11.3 Å². The van der Waals surface area contributed by atoms with Gasteiger partial charge in [-0.2, -0.15) is 0 Å². The van der Waals surface area contributed by atoms with Crippen LogP contribution in [-0.2, 0) is 22.6 Å². The zero-order chi connectivity index (χ0) is 19.4. The number of ether oxygens (including phenoxy) is 1. The quantitative estimate of drug-likeness (QED) is 0.827. The third-order valence-corrected chi connectivity index (χ3v) is 5.84. The maximum atomic E-state index is 12.7. The van der Waals surface area contributed by atoms with Crippen molar-refractivity contribution in [2.24, 2.45) is 0 Å². The molecule has 27 heavy (non-hydrogen) atoms. The Labute approximate surface area is 163 Å². The normalized spacial score (nSPS) is 16.4. The van der Waals surface area contributed by atoms with Crippen molar-refractivity contribution in [2.75, 3.05) is 13.7 Å². The lowest BCUT2D eigenvalue weighted by molar-refractivity contribution is -0.138. The Morgan fingerprint density at radius 3 is 2.93 bits per heavy atom. The lowest BCUT2D eigenvalue weighted by atomic mass is 10.1. The van der Waals surface area contributed by atoms with E-state index < -0.39 is 6.04 Å². The van der Waals surface area contributed by atoms with Crippen LogP contribution in [0.15, 0.2) is 23.7 Å². The maximum Gasteiger partial charge on any atom is 0.243 e. The SMILES string of the molecule is COc1c(C)cnc(CNC(=O)C2CCCN2C(=O)Cc2cccs2)c1C. The first kappa shape index (κ1) is 19.4. The van der Waals surface area contributed by atoms with Gasteiger partial charge in [0.1, 0.15) is 11.8 Å². The van der Waals surface area contributed by atoms with Crippen molar-refractivity contribution in [3.05, 3.63) is 45.4 Å². The van der Waals surface area contributed by atoms with E-state index in [9.17, 15) is 9.59 Å². The molecule has 1 fully saturated rings. The summed E-state index contributed by atoms with van der Waals surface area (Å²) in [4.78, 5) is 32.5. The number of hydrogen-bond acceptors (Lipinski definition) is 5. The number of amides is 2. The van der Waals surface area contributed by atoms with Gasteiger partial charge in [-0.25, -0.2) is 0 Å². The van der Waals surface area contributed by atoms with Crippen molar-refractivity contribution >= 4 is 23.2 Å². The number of methoxy groups -OCH3 is 1. The van der Waals surface area contributed by atoms with Gasteiger partial charge in [0.05, 0.1) is 25.8 Å². The summed E-state index contributed by atoms with van der Waals surface area (Å²) in [5.74, 6) is 0.692. The van der Waals surface area contributed by atoms with Gasteiger partial charge in [0.25, 0.3) is 0 Å². The topological polar surface area (TPSA) is 71.5 Å². The van der Waals surface area contributed by atoms with Crippen molar-refractivity contribution in [2.45, 2.75) is 45.7 Å². The van der Waals surface area contributed by atoms with Crippen LogP contribution in [0.1, 0.15) is 34.5 Å². The molecular weight excluding hydrogens is 362 g/mol. The van der Waals surface area contributed by atoms with E-state index in [0.717, 1.165) is 33.9 Å². The minimum Gasteiger partial charge on any atom is -0.496 e. The number of rotatable bonds is 6. The first-order valence-electron chi connectivity index (χ1n) is 9.10. The van der Waals surface area contributed by atoms with Crippen LogP contribution in [0.5, 0.6) is 5.75 Å². The maximum absolute atomic E-state index is 12.7. The zero-order valence-corrected chi connectivity index (χ0v) is 16.8. The number of likely N-dealkylation sites (tertiary alicyclic amines) is 1. The van der Waals surface area contributed by atoms with Crippen molar-refractivity contribution in [1.82, 2.24) is 15.2 Å². The Morgan fingerprint density at radius 2 is 2.22 bits per heavy atom. The monoisotopic (exact) mass is 387 g/mol. The molecule has 1 unspecified atom stereocenters. The number of nitrogens with one attached hydrogen (secondary N) is 1. The fourth-order valence-electron chi connectivity index (χ4n) is 3.54. The molecule has 0 bridgehead atoms. The number of carbonyl (C=O) groups is 2. The summed E-state index contributed by atoms with van der Waals surface area (Å²) >= 11 is 1.57. The standard InChI is InChI=1S/C20H25N3O3S/c1-13-11-21-16(14(2)19(13)26-3)12-22-20(25)17-7-4-8-23(17)18(24)10-15-6-5-9-27-15/h5-6,9,11,17H,4,7-8,10,12H2,1-3H3,(H,22,25). The second-order valence-electron chi connectivity index (χ2n) is 6.77. The molecule has 0 saturated carbocycles. The lowest BCUT2D eigenvalue weighted by Crippen LogP contribution is -2.46. The van der Waals surface area contributed by atoms with Crippen LogP contribution in [0, 0.1) is 13.8 Å². The third-order valence-electron chi connectivity index (χ3n) is 4.96. The second-order valence-corrected chi connectivity index (χ2v) is 7.80. The van der Waals surface area contributed by atoms with Gasteiger partial charge in [-0.05, 0) is 38.1 Å². The second kappa shape index (κ2) is 8.52. The Hall–Kier alpha value is -2.41. The van der Waals surface area contributed by atoms with Crippen LogP contribution >= 0.6 is 11.3 Å². The van der Waals surface area contributed by atoms with E-state index in [-0.39, 0.29) is 11.8 Å². The Bertz CT molecular complexity index is 820. The molecule has 2 aromatic heterocycles. The molecule has 144 valence electrons. The highest BCUT2D eigenvalue weighted by atomic mass is 32.1. The minimum atomic E-state index is -0.398. The molecule has 7 heteroatoms. The molecule has 0 aromatic carbocycles. The molecule has 1 saturated heterocycles. The van der Waals surface area contributed by atoms with Gasteiger partial charge < -0.3 is 15.0 Å². The van der Waals surface area contributed by atoms with Gasteiger partial charge in [0.15, 0.2) is 0 Å². The number of hydrogen-bond donors (Lipinski definition) is 1. The van der Waals surface area contributed by atoms with Crippen LogP contribution < -0.4 is 10.1 Å². The van der Waals surface area contributed by atoms with E-state index in [1.807, 2.05) is 31.4 Å². The average Bonchev–Trinajstić information content (AvgIpc) is 3.33. The molecular formula is C20H25N3O3S. The molecule has 6 nitrogen and oxygen atoms in total. The molecule has 3 rings (SSSR count). The van der Waals surface area contributed by atoms with E-state index in [0.29, 0.717) is 25.9 Å². The Kier molecular flexibility index (Phi) is 6.11. The molecule has 0 spiro atoms. The first-order valence-corrected chi connectivity index (χ1v) is 9.98. The fourth-order valence-corrected chi connectivity index (χ4v) is 4.24. The first-order chi connectivity index (χ1) is 13.0. The number of carbonyl (C=O) groups excluding carboxylic acids is 2. The predicted octanol–water partition coefficient (Wildman–Crippen LogP) is 2.62. The molecule has 3 heterocycles. The summed E-state index contributed by atoms with van der Waals surface area (Å²) in [5.41, 5.74) is 2.67. The highest BCUT2D eigenvalue weighted by Crippen LogP contribution is 2.24.